The van der Waals surface area contributed by atoms with E-state index >= 15 is 0 Å². The molecule has 0 amide bonds. The molecule has 4 heteroatoms. The number of thiophene rings is 1. The van der Waals surface area contributed by atoms with Gasteiger partial charge >= 0.3 is 0 Å². The number of hydrogen-bond donors (Lipinski definition) is 1. The van der Waals surface area contributed by atoms with Gasteiger partial charge in [0.1, 0.15) is 12.4 Å². The summed E-state index contributed by atoms with van der Waals surface area (Å²) in [4.78, 5) is 1.17. The van der Waals surface area contributed by atoms with Crippen molar-refractivity contribution in [2.45, 2.75) is 13.2 Å². The van der Waals surface area contributed by atoms with Crippen molar-refractivity contribution in [3.63, 3.8) is 0 Å². The van der Waals surface area contributed by atoms with Crippen LogP contribution in [0.1, 0.15) is 10.4 Å². The fourth-order valence-corrected chi connectivity index (χ4v) is 2.28. The maximum Gasteiger partial charge on any atom is 0.142 e. The SMILES string of the molecule is NCc1cccc(Cl)c1OCc1cccs1. The molecule has 0 radical (unpaired) electrons. The van der Waals surface area contributed by atoms with Gasteiger partial charge in [0.25, 0.3) is 0 Å². The zero-order chi connectivity index (χ0) is 11.4. The van der Waals surface area contributed by atoms with E-state index in [1.54, 1.807) is 11.3 Å². The molecule has 2 N–H and O–H groups in total. The van der Waals surface area contributed by atoms with Gasteiger partial charge in [-0.1, -0.05) is 29.8 Å². The fourth-order valence-electron chi connectivity index (χ4n) is 1.41. The number of hydrogen-bond acceptors (Lipinski definition) is 3. The smallest absolute Gasteiger partial charge is 0.142 e. The maximum absolute atomic E-state index is 6.07. The van der Waals surface area contributed by atoms with Crippen molar-refractivity contribution in [1.29, 1.82) is 0 Å². The first-order valence-corrected chi connectivity index (χ1v) is 6.19. The van der Waals surface area contributed by atoms with E-state index in [1.165, 1.54) is 4.88 Å². The van der Waals surface area contributed by atoms with Crippen LogP contribution >= 0.6 is 22.9 Å². The molecule has 0 fully saturated rings. The van der Waals surface area contributed by atoms with Crippen molar-refractivity contribution in [2.75, 3.05) is 0 Å². The lowest BCUT2D eigenvalue weighted by molar-refractivity contribution is 0.307. The van der Waals surface area contributed by atoms with E-state index < -0.39 is 0 Å². The van der Waals surface area contributed by atoms with Gasteiger partial charge in [-0.2, -0.15) is 0 Å². The van der Waals surface area contributed by atoms with Crippen LogP contribution in [-0.4, -0.2) is 0 Å². The van der Waals surface area contributed by atoms with Gasteiger partial charge in [-0.3, -0.25) is 0 Å². The van der Waals surface area contributed by atoms with Crippen molar-refractivity contribution in [2.24, 2.45) is 5.73 Å². The van der Waals surface area contributed by atoms with Crippen LogP contribution in [0.25, 0.3) is 0 Å². The average Bonchev–Trinajstić information content (AvgIpc) is 2.80. The van der Waals surface area contributed by atoms with Gasteiger partial charge in [0.15, 0.2) is 0 Å². The zero-order valence-corrected chi connectivity index (χ0v) is 10.2. The Morgan fingerprint density at radius 1 is 1.25 bits per heavy atom. The molecule has 2 aromatic rings. The quantitative estimate of drug-likeness (QED) is 0.906. The minimum Gasteiger partial charge on any atom is -0.486 e. The standard InChI is InChI=1S/C12H12ClNOS/c13-11-5-1-3-9(7-14)12(11)15-8-10-4-2-6-16-10/h1-6H,7-8,14H2. The topological polar surface area (TPSA) is 35.2 Å². The first-order chi connectivity index (χ1) is 7.81. The highest BCUT2D eigenvalue weighted by molar-refractivity contribution is 7.09. The van der Waals surface area contributed by atoms with Crippen molar-refractivity contribution in [3.8, 4) is 5.75 Å². The van der Waals surface area contributed by atoms with Crippen molar-refractivity contribution in [1.82, 2.24) is 0 Å². The van der Waals surface area contributed by atoms with E-state index in [2.05, 4.69) is 0 Å². The molecule has 2 rings (SSSR count). The summed E-state index contributed by atoms with van der Waals surface area (Å²) in [5, 5.41) is 2.63. The van der Waals surface area contributed by atoms with Gasteiger partial charge < -0.3 is 10.5 Å². The number of halogens is 1. The average molecular weight is 254 g/mol. The lowest BCUT2D eigenvalue weighted by Gasteiger charge is -2.11. The lowest BCUT2D eigenvalue weighted by atomic mass is 10.2. The second-order valence-electron chi connectivity index (χ2n) is 3.30. The molecule has 0 saturated carbocycles. The molecule has 0 unspecified atom stereocenters. The Bertz CT molecular complexity index is 456. The van der Waals surface area contributed by atoms with Crippen LogP contribution in [0, 0.1) is 0 Å². The predicted molar refractivity (Wildman–Crippen MR) is 68.0 cm³/mol. The summed E-state index contributed by atoms with van der Waals surface area (Å²) in [6.45, 7) is 0.967. The molecule has 1 aromatic carbocycles. The van der Waals surface area contributed by atoms with Crippen molar-refractivity contribution >= 4 is 22.9 Å². The fraction of sp³-hybridized carbons (Fsp3) is 0.167. The third kappa shape index (κ3) is 2.55. The molecular weight excluding hydrogens is 242 g/mol. The predicted octanol–water partition coefficient (Wildman–Crippen LogP) is 3.44. The van der Waals surface area contributed by atoms with Crippen molar-refractivity contribution < 1.29 is 4.74 Å². The largest absolute Gasteiger partial charge is 0.486 e. The van der Waals surface area contributed by atoms with E-state index in [4.69, 9.17) is 22.1 Å². The van der Waals surface area contributed by atoms with E-state index in [0.717, 1.165) is 5.56 Å². The Labute approximate surface area is 104 Å². The van der Waals surface area contributed by atoms with Crippen LogP contribution in [-0.2, 0) is 13.2 Å². The molecule has 1 aromatic heterocycles. The summed E-state index contributed by atoms with van der Waals surface area (Å²) in [5.41, 5.74) is 6.57. The van der Waals surface area contributed by atoms with E-state index in [0.29, 0.717) is 23.9 Å². The molecule has 0 aliphatic rings. The minimum absolute atomic E-state index is 0.431. The van der Waals surface area contributed by atoms with Crippen LogP contribution in [0.4, 0.5) is 0 Å². The third-order valence-electron chi connectivity index (χ3n) is 2.21. The Balaban J connectivity index is 2.14. The van der Waals surface area contributed by atoms with Gasteiger partial charge in [-0.15, -0.1) is 11.3 Å². The minimum atomic E-state index is 0.431. The molecule has 0 spiro atoms. The molecule has 0 atom stereocenters. The summed E-state index contributed by atoms with van der Waals surface area (Å²) >= 11 is 7.73. The molecular formula is C12H12ClNOS. The van der Waals surface area contributed by atoms with Gasteiger partial charge in [0.2, 0.25) is 0 Å². The number of ether oxygens (including phenoxy) is 1. The van der Waals surface area contributed by atoms with E-state index in [9.17, 15) is 0 Å². The highest BCUT2D eigenvalue weighted by atomic mass is 35.5. The van der Waals surface area contributed by atoms with Crippen LogP contribution < -0.4 is 10.5 Å². The van der Waals surface area contributed by atoms with Gasteiger partial charge in [0.05, 0.1) is 5.02 Å². The van der Waals surface area contributed by atoms with E-state index in [-0.39, 0.29) is 0 Å². The molecule has 1 heterocycles. The molecule has 2 nitrogen and oxygen atoms in total. The lowest BCUT2D eigenvalue weighted by Crippen LogP contribution is -2.02. The number of para-hydroxylation sites is 1. The molecule has 0 saturated heterocycles. The van der Waals surface area contributed by atoms with Crippen LogP contribution in [0.2, 0.25) is 5.02 Å². The second-order valence-corrected chi connectivity index (χ2v) is 4.74. The Morgan fingerprint density at radius 2 is 2.12 bits per heavy atom. The van der Waals surface area contributed by atoms with E-state index in [1.807, 2.05) is 35.7 Å². The van der Waals surface area contributed by atoms with Gasteiger partial charge in [0, 0.05) is 17.0 Å². The molecule has 16 heavy (non-hydrogen) atoms. The normalized spacial score (nSPS) is 10.4. The Kier molecular flexibility index (Phi) is 3.83. The third-order valence-corrected chi connectivity index (χ3v) is 3.35. The van der Waals surface area contributed by atoms with Crippen molar-refractivity contribution in [3.05, 3.63) is 51.2 Å². The Morgan fingerprint density at radius 3 is 2.81 bits per heavy atom. The Hall–Kier alpha value is -1.03. The highest BCUT2D eigenvalue weighted by Crippen LogP contribution is 2.29. The first-order valence-electron chi connectivity index (χ1n) is 4.94. The zero-order valence-electron chi connectivity index (χ0n) is 8.65. The summed E-state index contributed by atoms with van der Waals surface area (Å²) in [6.07, 6.45) is 0. The summed E-state index contributed by atoms with van der Waals surface area (Å²) in [5.74, 6) is 0.695. The summed E-state index contributed by atoms with van der Waals surface area (Å²) < 4.78 is 5.70. The van der Waals surface area contributed by atoms with Crippen LogP contribution in [0.5, 0.6) is 5.75 Å². The molecule has 0 bridgehead atoms. The summed E-state index contributed by atoms with van der Waals surface area (Å²) in [6, 6.07) is 9.64. The molecule has 84 valence electrons. The second kappa shape index (κ2) is 5.34. The highest BCUT2D eigenvalue weighted by Gasteiger charge is 2.07. The number of rotatable bonds is 4. The molecule has 0 aliphatic heterocycles. The van der Waals surface area contributed by atoms with Gasteiger partial charge in [-0.05, 0) is 17.5 Å². The van der Waals surface area contributed by atoms with Crippen LogP contribution in [0.15, 0.2) is 35.7 Å². The van der Waals surface area contributed by atoms with Crippen LogP contribution in [0.3, 0.4) is 0 Å². The maximum atomic E-state index is 6.07. The first kappa shape index (κ1) is 11.5. The summed E-state index contributed by atoms with van der Waals surface area (Å²) in [7, 11) is 0. The number of nitrogens with two attached hydrogens (primary N) is 1. The molecule has 0 aliphatic carbocycles. The number of benzene rings is 1. The monoisotopic (exact) mass is 253 g/mol. The van der Waals surface area contributed by atoms with Gasteiger partial charge in [-0.25, -0.2) is 0 Å².